The van der Waals surface area contributed by atoms with E-state index in [1.165, 1.54) is 193 Å². The van der Waals surface area contributed by atoms with Crippen molar-refractivity contribution in [3.05, 3.63) is 24.3 Å². The maximum absolute atomic E-state index is 13.1. The number of aliphatic hydroxyl groups excluding tert-OH is 1. The highest BCUT2D eigenvalue weighted by atomic mass is 31.2. The number of esters is 4. The topological polar surface area (TPSA) is 237 Å². The number of phosphoric acid groups is 2. The van der Waals surface area contributed by atoms with Crippen molar-refractivity contribution in [2.24, 2.45) is 0 Å². The Morgan fingerprint density at radius 1 is 0.289 bits per heavy atom. The van der Waals surface area contributed by atoms with E-state index in [4.69, 9.17) is 37.0 Å². The van der Waals surface area contributed by atoms with Crippen LogP contribution in [0.25, 0.3) is 0 Å². The Balaban J connectivity index is 5.20. The van der Waals surface area contributed by atoms with Gasteiger partial charge in [0.05, 0.1) is 26.4 Å². The minimum absolute atomic E-state index is 0.102. The van der Waals surface area contributed by atoms with Crippen molar-refractivity contribution in [1.29, 1.82) is 0 Å². The summed E-state index contributed by atoms with van der Waals surface area (Å²) < 4.78 is 68.4. The molecule has 0 amide bonds. The van der Waals surface area contributed by atoms with Crippen molar-refractivity contribution < 1.29 is 80.2 Å². The van der Waals surface area contributed by atoms with Crippen LogP contribution in [0.1, 0.15) is 394 Å². The van der Waals surface area contributed by atoms with Gasteiger partial charge >= 0.3 is 39.5 Å². The monoisotopic (exact) mass is 1420 g/mol. The molecule has 0 saturated carbocycles. The first kappa shape index (κ1) is 94.5. The Morgan fingerprint density at radius 2 is 0.495 bits per heavy atom. The Morgan fingerprint density at radius 3 is 0.753 bits per heavy atom. The summed E-state index contributed by atoms with van der Waals surface area (Å²) in [6.45, 7) is 4.89. The van der Waals surface area contributed by atoms with Crippen molar-refractivity contribution in [1.82, 2.24) is 0 Å². The Kier molecular flexibility index (Phi) is 70.1. The normalized spacial score (nSPS) is 14.0. The molecule has 5 atom stereocenters. The van der Waals surface area contributed by atoms with Crippen LogP contribution in [0, 0.1) is 0 Å². The van der Waals surface area contributed by atoms with Gasteiger partial charge in [-0.15, -0.1) is 0 Å². The quantitative estimate of drug-likeness (QED) is 0.0169. The standard InChI is InChI=1S/C78H148O17P2/c1-5-9-13-17-21-24-27-30-33-34-35-36-37-38-40-43-46-49-53-57-61-65-78(83)95-74(69-89-76(81)63-59-55-51-47-44-42-39-31-28-25-22-18-14-10-6-2)71-93-97(86,87)91-67-72(79)66-90-96(84,85)92-70-73(68-88-75(80)62-58-54-50-20-16-12-8-4)94-77(82)64-60-56-52-48-45-41-32-29-26-23-19-15-11-7-3/h25,28,31,39,72-74,79H,5-24,26-27,29-30,32-38,40-71H2,1-4H3,(H,84,85)(H,86,87)/b28-25-,39-31-/t72-,73+,74+/m0/s1. The van der Waals surface area contributed by atoms with Gasteiger partial charge in [0.1, 0.15) is 19.3 Å². The molecular formula is C78H148O17P2. The lowest BCUT2D eigenvalue weighted by atomic mass is 10.0. The van der Waals surface area contributed by atoms with Crippen LogP contribution < -0.4 is 0 Å². The predicted octanol–water partition coefficient (Wildman–Crippen LogP) is 23.0. The van der Waals surface area contributed by atoms with Gasteiger partial charge in [0, 0.05) is 25.7 Å². The molecule has 0 aliphatic carbocycles. The smallest absolute Gasteiger partial charge is 0.462 e. The number of aliphatic hydroxyl groups is 1. The van der Waals surface area contributed by atoms with Gasteiger partial charge in [-0.1, -0.05) is 341 Å². The number of unbranched alkanes of at least 4 members (excludes halogenated alkanes) is 48. The summed E-state index contributed by atoms with van der Waals surface area (Å²) in [7, 11) is -9.92. The third kappa shape index (κ3) is 71.7. The largest absolute Gasteiger partial charge is 0.472 e. The lowest BCUT2D eigenvalue weighted by molar-refractivity contribution is -0.161. The van der Waals surface area contributed by atoms with Gasteiger partial charge in [-0.05, 0) is 51.4 Å². The molecule has 0 aromatic carbocycles. The lowest BCUT2D eigenvalue weighted by Crippen LogP contribution is -2.30. The third-order valence-corrected chi connectivity index (χ3v) is 19.6. The summed E-state index contributed by atoms with van der Waals surface area (Å²) in [6.07, 6.45) is 66.2. The van der Waals surface area contributed by atoms with E-state index >= 15 is 0 Å². The molecule has 97 heavy (non-hydrogen) atoms. The van der Waals surface area contributed by atoms with E-state index in [1.54, 1.807) is 0 Å². The first-order valence-corrected chi connectivity index (χ1v) is 43.1. The summed E-state index contributed by atoms with van der Waals surface area (Å²) in [5, 5.41) is 10.6. The van der Waals surface area contributed by atoms with E-state index in [0.29, 0.717) is 25.7 Å². The van der Waals surface area contributed by atoms with Gasteiger partial charge in [-0.2, -0.15) is 0 Å². The van der Waals surface area contributed by atoms with Crippen LogP contribution in [0.3, 0.4) is 0 Å². The summed E-state index contributed by atoms with van der Waals surface area (Å²) >= 11 is 0. The zero-order chi connectivity index (χ0) is 71.1. The molecule has 0 rings (SSSR count). The maximum atomic E-state index is 13.1. The van der Waals surface area contributed by atoms with Gasteiger partial charge in [0.25, 0.3) is 0 Å². The van der Waals surface area contributed by atoms with Crippen LogP contribution in [0.15, 0.2) is 24.3 Å². The third-order valence-electron chi connectivity index (χ3n) is 17.7. The summed E-state index contributed by atoms with van der Waals surface area (Å²) in [4.78, 5) is 72.7. The molecule has 572 valence electrons. The number of phosphoric ester groups is 2. The van der Waals surface area contributed by atoms with Crippen molar-refractivity contribution in [2.75, 3.05) is 39.6 Å². The Bertz CT molecular complexity index is 1940. The average molecular weight is 1420 g/mol. The second kappa shape index (κ2) is 71.9. The van der Waals surface area contributed by atoms with Crippen LogP contribution in [-0.4, -0.2) is 96.7 Å². The molecule has 0 aliphatic rings. The van der Waals surface area contributed by atoms with Gasteiger partial charge in [0.2, 0.25) is 0 Å². The van der Waals surface area contributed by atoms with E-state index < -0.39 is 97.5 Å². The van der Waals surface area contributed by atoms with Crippen LogP contribution in [0.5, 0.6) is 0 Å². The summed E-state index contributed by atoms with van der Waals surface area (Å²) in [6, 6.07) is 0. The molecule has 0 aromatic heterocycles. The molecule has 0 aromatic rings. The lowest BCUT2D eigenvalue weighted by Gasteiger charge is -2.21. The van der Waals surface area contributed by atoms with Gasteiger partial charge in [0.15, 0.2) is 12.2 Å². The van der Waals surface area contributed by atoms with E-state index in [9.17, 15) is 43.2 Å². The molecule has 3 N–H and O–H groups in total. The van der Waals surface area contributed by atoms with Gasteiger partial charge in [-0.3, -0.25) is 37.3 Å². The molecule has 0 heterocycles. The first-order chi connectivity index (χ1) is 47.2. The molecule has 0 aliphatic heterocycles. The van der Waals surface area contributed by atoms with Crippen LogP contribution in [0.2, 0.25) is 0 Å². The number of carbonyl (C=O) groups is 4. The SMILES string of the molecule is CCCCCC/C=C\C=C/CCCCCCCC(=O)OC[C@H](COP(=O)(O)OC[C@@H](O)COP(=O)(O)OC[C@@H](COC(=O)CCCCCCCCC)OC(=O)CCCCCCCCCCCCCCCC)OC(=O)CCCCCCCCCCCCCCCCCCCCCCC. The molecule has 0 bridgehead atoms. The molecule has 2 unspecified atom stereocenters. The molecular weight excluding hydrogens is 1270 g/mol. The molecule has 0 saturated heterocycles. The number of ether oxygens (including phenoxy) is 4. The average Bonchev–Trinajstić information content (AvgIpc) is 1.04. The van der Waals surface area contributed by atoms with Crippen LogP contribution in [0.4, 0.5) is 0 Å². The fourth-order valence-electron chi connectivity index (χ4n) is 11.6. The molecule has 19 heteroatoms. The number of hydrogen-bond donors (Lipinski definition) is 3. The molecule has 0 radical (unpaired) electrons. The number of carbonyl (C=O) groups excluding carboxylic acids is 4. The number of rotatable bonds is 77. The fourth-order valence-corrected chi connectivity index (χ4v) is 13.1. The second-order valence-corrected chi connectivity index (χ2v) is 30.3. The minimum atomic E-state index is -4.96. The van der Waals surface area contributed by atoms with Crippen LogP contribution >= 0.6 is 15.6 Å². The highest BCUT2D eigenvalue weighted by molar-refractivity contribution is 7.47. The summed E-state index contributed by atoms with van der Waals surface area (Å²) in [5.41, 5.74) is 0. The maximum Gasteiger partial charge on any atom is 0.472 e. The molecule has 17 nitrogen and oxygen atoms in total. The number of hydrogen-bond acceptors (Lipinski definition) is 15. The van der Waals surface area contributed by atoms with Crippen molar-refractivity contribution in [3.8, 4) is 0 Å². The number of allylic oxidation sites excluding steroid dienone is 4. The minimum Gasteiger partial charge on any atom is -0.462 e. The highest BCUT2D eigenvalue weighted by Gasteiger charge is 2.30. The van der Waals surface area contributed by atoms with E-state index in [2.05, 4.69) is 52.0 Å². The zero-order valence-electron chi connectivity index (χ0n) is 62.5. The zero-order valence-corrected chi connectivity index (χ0v) is 64.3. The Labute approximate surface area is 592 Å². The van der Waals surface area contributed by atoms with Gasteiger partial charge in [-0.25, -0.2) is 9.13 Å². The molecule has 0 spiro atoms. The first-order valence-electron chi connectivity index (χ1n) is 40.1. The van der Waals surface area contributed by atoms with E-state index in [-0.39, 0.29) is 25.7 Å². The van der Waals surface area contributed by atoms with Gasteiger partial charge < -0.3 is 33.8 Å². The Hall–Kier alpha value is -2.46. The van der Waals surface area contributed by atoms with Crippen LogP contribution in [-0.2, 0) is 65.4 Å². The van der Waals surface area contributed by atoms with Crippen molar-refractivity contribution >= 4 is 39.5 Å². The molecule has 0 fully saturated rings. The predicted molar refractivity (Wildman–Crippen MR) is 395 cm³/mol. The fraction of sp³-hybridized carbons (Fsp3) is 0.897. The van der Waals surface area contributed by atoms with Crippen molar-refractivity contribution in [2.45, 2.75) is 412 Å². The summed E-state index contributed by atoms with van der Waals surface area (Å²) in [5.74, 6) is -2.15. The van der Waals surface area contributed by atoms with E-state index in [0.717, 1.165) is 122 Å². The highest BCUT2D eigenvalue weighted by Crippen LogP contribution is 2.45. The second-order valence-electron chi connectivity index (χ2n) is 27.4. The van der Waals surface area contributed by atoms with E-state index in [1.807, 2.05) is 0 Å². The van der Waals surface area contributed by atoms with Crippen molar-refractivity contribution in [3.63, 3.8) is 0 Å².